The zero-order chi connectivity index (χ0) is 19.5. The van der Waals surface area contributed by atoms with Gasteiger partial charge in [0.05, 0.1) is 34.3 Å². The molecule has 0 aliphatic carbocycles. The average Bonchev–Trinajstić information content (AvgIpc) is 3.37. The van der Waals surface area contributed by atoms with E-state index in [-0.39, 0.29) is 5.91 Å². The van der Waals surface area contributed by atoms with Crippen LogP contribution in [-0.4, -0.2) is 17.1 Å². The third kappa shape index (κ3) is 3.71. The molecule has 4 rings (SSSR count). The number of hydrazone groups is 1. The van der Waals surface area contributed by atoms with Crippen LogP contribution in [0.2, 0.25) is 0 Å². The smallest absolute Gasteiger partial charge is 0.280 e. The van der Waals surface area contributed by atoms with Crippen molar-refractivity contribution < 1.29 is 9.21 Å². The zero-order valence-corrected chi connectivity index (χ0v) is 16.6. The molecule has 136 valence electrons. The first kappa shape index (κ1) is 18.1. The number of nitrogens with zero attached hydrogens (tertiary/aromatic N) is 4. The predicted molar refractivity (Wildman–Crippen MR) is 112 cm³/mol. The topological polar surface area (TPSA) is 82.5 Å². The Morgan fingerprint density at radius 3 is 2.79 bits per heavy atom. The number of nitriles is 1. The van der Waals surface area contributed by atoms with E-state index in [0.29, 0.717) is 22.0 Å². The largest absolute Gasteiger partial charge is 0.463 e. The van der Waals surface area contributed by atoms with E-state index in [1.54, 1.807) is 36.4 Å². The summed E-state index contributed by atoms with van der Waals surface area (Å²) >= 11 is 4.80. The molecule has 8 heteroatoms. The van der Waals surface area contributed by atoms with Crippen molar-refractivity contribution in [3.8, 4) is 6.07 Å². The minimum Gasteiger partial charge on any atom is -0.463 e. The molecule has 0 N–H and O–H groups in total. The maximum Gasteiger partial charge on any atom is 0.280 e. The Hall–Kier alpha value is -3.28. The molecule has 2 aromatic carbocycles. The lowest BCUT2D eigenvalue weighted by molar-refractivity contribution is 0.0988. The van der Waals surface area contributed by atoms with Crippen molar-refractivity contribution >= 4 is 54.7 Å². The van der Waals surface area contributed by atoms with Crippen LogP contribution in [0.25, 0.3) is 10.2 Å². The Balaban J connectivity index is 1.75. The first-order valence-electron chi connectivity index (χ1n) is 8.12. The highest BCUT2D eigenvalue weighted by Crippen LogP contribution is 2.32. The van der Waals surface area contributed by atoms with Gasteiger partial charge in [0, 0.05) is 10.0 Å². The van der Waals surface area contributed by atoms with Gasteiger partial charge < -0.3 is 4.42 Å². The fourth-order valence-electron chi connectivity index (χ4n) is 2.45. The quantitative estimate of drug-likeness (QED) is 0.315. The highest BCUT2D eigenvalue weighted by atomic mass is 79.9. The van der Waals surface area contributed by atoms with Crippen molar-refractivity contribution in [1.29, 1.82) is 5.26 Å². The van der Waals surface area contributed by atoms with Crippen molar-refractivity contribution in [3.63, 3.8) is 0 Å². The number of furan rings is 1. The molecule has 0 saturated carbocycles. The van der Waals surface area contributed by atoms with E-state index < -0.39 is 0 Å². The van der Waals surface area contributed by atoms with Crippen LogP contribution >= 0.6 is 27.3 Å². The lowest BCUT2D eigenvalue weighted by atomic mass is 10.1. The Bertz CT molecular complexity index is 1210. The molecule has 0 aliphatic rings. The fourth-order valence-corrected chi connectivity index (χ4v) is 3.93. The Morgan fingerprint density at radius 2 is 2.07 bits per heavy atom. The first-order valence-corrected chi connectivity index (χ1v) is 9.73. The van der Waals surface area contributed by atoms with Crippen LogP contribution in [0.1, 0.15) is 21.7 Å². The lowest BCUT2D eigenvalue weighted by Gasteiger charge is -2.13. The summed E-state index contributed by atoms with van der Waals surface area (Å²) in [6, 6.07) is 17.6. The number of rotatable bonds is 4. The molecule has 0 spiro atoms. The number of anilines is 1. The van der Waals surface area contributed by atoms with E-state index in [1.165, 1.54) is 28.8 Å². The van der Waals surface area contributed by atoms with E-state index >= 15 is 0 Å². The summed E-state index contributed by atoms with van der Waals surface area (Å²) in [5.41, 5.74) is 1.65. The fraction of sp³-hybridized carbons (Fsp3) is 0. The van der Waals surface area contributed by atoms with Gasteiger partial charge in [-0.05, 0) is 54.6 Å². The maximum absolute atomic E-state index is 13.1. The van der Waals surface area contributed by atoms with Crippen LogP contribution in [0, 0.1) is 11.3 Å². The number of thiazole rings is 1. The number of aromatic nitrogens is 1. The Kier molecular flexibility index (Phi) is 5.02. The number of fused-ring (bicyclic) bond motifs is 1. The molecule has 0 atom stereocenters. The molecule has 1 amide bonds. The molecule has 0 bridgehead atoms. The van der Waals surface area contributed by atoms with Gasteiger partial charge in [-0.25, -0.2) is 4.98 Å². The second-order valence-electron chi connectivity index (χ2n) is 5.67. The van der Waals surface area contributed by atoms with E-state index in [0.717, 1.165) is 14.7 Å². The highest BCUT2D eigenvalue weighted by molar-refractivity contribution is 9.10. The number of hydrogen-bond acceptors (Lipinski definition) is 6. The molecule has 0 aliphatic heterocycles. The van der Waals surface area contributed by atoms with E-state index in [2.05, 4.69) is 26.0 Å². The standard InChI is InChI=1S/C20H11BrN4O2S/c21-15-7-8-17-18(10-15)28-20(24-17)25(23-12-16-2-1-9-27-16)19(26)14-5-3-13(11-22)4-6-14/h1-10,12H/b23-12+. The number of benzene rings is 2. The normalized spacial score (nSPS) is 11.0. The van der Waals surface area contributed by atoms with E-state index in [9.17, 15) is 4.79 Å². The minimum absolute atomic E-state index is 0.356. The van der Waals surface area contributed by atoms with Gasteiger partial charge in [0.2, 0.25) is 5.13 Å². The second kappa shape index (κ2) is 7.76. The van der Waals surface area contributed by atoms with Gasteiger partial charge in [0.25, 0.3) is 5.91 Å². The molecule has 0 unspecified atom stereocenters. The van der Waals surface area contributed by atoms with Crippen molar-refractivity contribution in [2.75, 3.05) is 5.01 Å². The van der Waals surface area contributed by atoms with Crippen molar-refractivity contribution in [2.24, 2.45) is 5.10 Å². The monoisotopic (exact) mass is 450 g/mol. The first-order chi connectivity index (χ1) is 13.6. The summed E-state index contributed by atoms with van der Waals surface area (Å²) in [7, 11) is 0. The van der Waals surface area contributed by atoms with Crippen molar-refractivity contribution in [2.45, 2.75) is 0 Å². The summed E-state index contributed by atoms with van der Waals surface area (Å²) in [6.07, 6.45) is 2.99. The number of hydrogen-bond donors (Lipinski definition) is 0. The molecule has 6 nitrogen and oxygen atoms in total. The third-order valence-electron chi connectivity index (χ3n) is 3.82. The molecule has 2 heterocycles. The SMILES string of the molecule is N#Cc1ccc(C(=O)N(/N=C/c2ccco2)c2nc3ccc(Br)cc3s2)cc1. The van der Waals surface area contributed by atoms with Crippen LogP contribution in [0.5, 0.6) is 0 Å². The van der Waals surface area contributed by atoms with Crippen LogP contribution in [0.3, 0.4) is 0 Å². The summed E-state index contributed by atoms with van der Waals surface area (Å²) in [5.74, 6) is 0.159. The molecule has 2 aromatic heterocycles. The molecule has 0 saturated heterocycles. The van der Waals surface area contributed by atoms with Gasteiger partial charge in [0.1, 0.15) is 5.76 Å². The van der Waals surface area contributed by atoms with Gasteiger partial charge in [-0.3, -0.25) is 4.79 Å². The number of carbonyl (C=O) groups is 1. The lowest BCUT2D eigenvalue weighted by Crippen LogP contribution is -2.25. The summed E-state index contributed by atoms with van der Waals surface area (Å²) in [6.45, 7) is 0. The van der Waals surface area contributed by atoms with E-state index in [1.807, 2.05) is 24.3 Å². The Labute approximate surface area is 172 Å². The molecule has 28 heavy (non-hydrogen) atoms. The molecular weight excluding hydrogens is 440 g/mol. The maximum atomic E-state index is 13.1. The van der Waals surface area contributed by atoms with Gasteiger partial charge >= 0.3 is 0 Å². The second-order valence-corrected chi connectivity index (χ2v) is 7.60. The van der Waals surface area contributed by atoms with E-state index in [4.69, 9.17) is 9.68 Å². The van der Waals surface area contributed by atoms with Gasteiger partial charge in [0.15, 0.2) is 0 Å². The van der Waals surface area contributed by atoms with Crippen LogP contribution in [0.15, 0.2) is 74.9 Å². The summed E-state index contributed by atoms with van der Waals surface area (Å²) in [5, 5.41) is 14.9. The molecule has 0 radical (unpaired) electrons. The predicted octanol–water partition coefficient (Wildman–Crippen LogP) is 5.20. The minimum atomic E-state index is -0.356. The number of amides is 1. The van der Waals surface area contributed by atoms with Gasteiger partial charge in [-0.15, -0.1) is 0 Å². The zero-order valence-electron chi connectivity index (χ0n) is 14.2. The van der Waals surface area contributed by atoms with Crippen LogP contribution < -0.4 is 5.01 Å². The van der Waals surface area contributed by atoms with Crippen LogP contribution in [0.4, 0.5) is 5.13 Å². The number of halogens is 1. The summed E-state index contributed by atoms with van der Waals surface area (Å²) < 4.78 is 7.12. The van der Waals surface area contributed by atoms with Crippen LogP contribution in [-0.2, 0) is 0 Å². The van der Waals surface area contributed by atoms with Crippen molar-refractivity contribution in [1.82, 2.24) is 4.98 Å². The Morgan fingerprint density at radius 1 is 1.25 bits per heavy atom. The highest BCUT2D eigenvalue weighted by Gasteiger charge is 2.21. The number of carbonyl (C=O) groups excluding carboxylic acids is 1. The van der Waals surface area contributed by atoms with Gasteiger partial charge in [-0.2, -0.15) is 15.4 Å². The third-order valence-corrected chi connectivity index (χ3v) is 5.30. The molecule has 0 fully saturated rings. The average molecular weight is 451 g/mol. The summed E-state index contributed by atoms with van der Waals surface area (Å²) in [4.78, 5) is 17.6. The van der Waals surface area contributed by atoms with Crippen molar-refractivity contribution in [3.05, 3.63) is 82.2 Å². The molecular formula is C20H11BrN4O2S. The molecule has 4 aromatic rings. The van der Waals surface area contributed by atoms with Gasteiger partial charge in [-0.1, -0.05) is 27.3 Å².